The average Bonchev–Trinajstić information content (AvgIpc) is 3.44. The fourth-order valence-corrected chi connectivity index (χ4v) is 4.37. The van der Waals surface area contributed by atoms with Gasteiger partial charge in [-0.2, -0.15) is 0 Å². The van der Waals surface area contributed by atoms with Crippen molar-refractivity contribution in [3.8, 4) is 0 Å². The normalized spacial score (nSPS) is 13.5. The predicted octanol–water partition coefficient (Wildman–Crippen LogP) is 3.54. The molecule has 0 radical (unpaired) electrons. The molecule has 34 heavy (non-hydrogen) atoms. The number of anilines is 1. The van der Waals surface area contributed by atoms with Crippen LogP contribution in [0.5, 0.6) is 0 Å². The number of hydrogen-bond donors (Lipinski definition) is 2. The number of hydrogen-bond acceptors (Lipinski definition) is 3. The van der Waals surface area contributed by atoms with Gasteiger partial charge in [-0.1, -0.05) is 72.8 Å². The van der Waals surface area contributed by atoms with Crippen LogP contribution in [0.1, 0.15) is 11.1 Å². The van der Waals surface area contributed by atoms with Gasteiger partial charge in [0.05, 0.1) is 11.0 Å². The second-order valence-corrected chi connectivity index (χ2v) is 8.42. The standard InChI is InChI=1S/C27H27N5O2/c33-25(28-16-15-20-9-3-1-4-10-20)23(19-21-11-5-2-6-12-21)30-27(34)32-18-17-31-24-14-8-7-13-22(24)29-26(31)32/h1-14,23H,15-19H2,(H,28,33)(H,30,34)/t23-/m0/s1. The number of para-hydroxylation sites is 2. The third kappa shape index (κ3) is 4.64. The van der Waals surface area contributed by atoms with Crippen molar-refractivity contribution in [1.82, 2.24) is 20.2 Å². The molecule has 0 aliphatic carbocycles. The van der Waals surface area contributed by atoms with Gasteiger partial charge in [0.1, 0.15) is 6.04 Å². The topological polar surface area (TPSA) is 79.3 Å². The fourth-order valence-electron chi connectivity index (χ4n) is 4.37. The first-order chi connectivity index (χ1) is 16.7. The van der Waals surface area contributed by atoms with Crippen LogP contribution in [0.15, 0.2) is 84.9 Å². The van der Waals surface area contributed by atoms with E-state index in [0.29, 0.717) is 32.0 Å². The number of imidazole rings is 1. The summed E-state index contributed by atoms with van der Waals surface area (Å²) >= 11 is 0. The molecule has 0 saturated carbocycles. The van der Waals surface area contributed by atoms with Crippen molar-refractivity contribution in [3.05, 3.63) is 96.1 Å². The third-order valence-electron chi connectivity index (χ3n) is 6.12. The first-order valence-corrected chi connectivity index (χ1v) is 11.6. The van der Waals surface area contributed by atoms with Gasteiger partial charge in [-0.05, 0) is 29.7 Å². The molecule has 3 amide bonds. The van der Waals surface area contributed by atoms with E-state index in [1.165, 1.54) is 0 Å². The van der Waals surface area contributed by atoms with Crippen LogP contribution in [0.3, 0.4) is 0 Å². The number of carbonyl (C=O) groups excluding carboxylic acids is 2. The largest absolute Gasteiger partial charge is 0.354 e. The number of benzene rings is 3. The van der Waals surface area contributed by atoms with Gasteiger partial charge in [0, 0.05) is 26.1 Å². The molecule has 0 bridgehead atoms. The number of urea groups is 1. The molecule has 1 aromatic heterocycles. The van der Waals surface area contributed by atoms with E-state index in [2.05, 4.69) is 15.6 Å². The molecule has 172 valence electrons. The summed E-state index contributed by atoms with van der Waals surface area (Å²) < 4.78 is 2.04. The monoisotopic (exact) mass is 453 g/mol. The fraction of sp³-hybridized carbons (Fsp3) is 0.222. The molecule has 1 atom stereocenters. The highest BCUT2D eigenvalue weighted by molar-refractivity contribution is 5.96. The Balaban J connectivity index is 1.29. The minimum absolute atomic E-state index is 0.194. The van der Waals surface area contributed by atoms with Crippen molar-refractivity contribution in [3.63, 3.8) is 0 Å². The molecular weight excluding hydrogens is 426 g/mol. The Bertz CT molecular complexity index is 1290. The van der Waals surface area contributed by atoms with E-state index in [0.717, 1.165) is 28.6 Å². The zero-order valence-corrected chi connectivity index (χ0v) is 18.9. The molecule has 2 heterocycles. The summed E-state index contributed by atoms with van der Waals surface area (Å²) in [7, 11) is 0. The third-order valence-corrected chi connectivity index (χ3v) is 6.12. The minimum atomic E-state index is -0.691. The maximum Gasteiger partial charge on any atom is 0.324 e. The lowest BCUT2D eigenvalue weighted by molar-refractivity contribution is -0.122. The van der Waals surface area contributed by atoms with Crippen LogP contribution in [-0.2, 0) is 24.2 Å². The number of carbonyl (C=O) groups is 2. The molecular formula is C27H27N5O2. The zero-order chi connectivity index (χ0) is 23.3. The van der Waals surface area contributed by atoms with Crippen LogP contribution >= 0.6 is 0 Å². The second-order valence-electron chi connectivity index (χ2n) is 8.42. The molecule has 0 unspecified atom stereocenters. The van der Waals surface area contributed by atoms with Crippen molar-refractivity contribution in [2.45, 2.75) is 25.4 Å². The molecule has 3 aromatic carbocycles. The van der Waals surface area contributed by atoms with Crippen molar-refractivity contribution in [2.24, 2.45) is 0 Å². The van der Waals surface area contributed by atoms with Crippen LogP contribution < -0.4 is 15.5 Å². The maximum atomic E-state index is 13.3. The van der Waals surface area contributed by atoms with E-state index in [4.69, 9.17) is 0 Å². The highest BCUT2D eigenvalue weighted by Crippen LogP contribution is 2.27. The summed E-state index contributed by atoms with van der Waals surface area (Å²) in [5.41, 5.74) is 4.00. The second kappa shape index (κ2) is 9.79. The van der Waals surface area contributed by atoms with Crippen LogP contribution in [0, 0.1) is 0 Å². The number of aromatic nitrogens is 2. The molecule has 7 nitrogen and oxygen atoms in total. The van der Waals surface area contributed by atoms with E-state index < -0.39 is 6.04 Å². The zero-order valence-electron chi connectivity index (χ0n) is 18.9. The van der Waals surface area contributed by atoms with Gasteiger partial charge in [0.2, 0.25) is 11.9 Å². The molecule has 1 aliphatic rings. The Kier molecular flexibility index (Phi) is 6.25. The Labute approximate surface area is 198 Å². The first-order valence-electron chi connectivity index (χ1n) is 11.6. The van der Waals surface area contributed by atoms with E-state index in [1.807, 2.05) is 89.5 Å². The van der Waals surface area contributed by atoms with Crippen LogP contribution in [0.2, 0.25) is 0 Å². The number of nitrogens with one attached hydrogen (secondary N) is 2. The summed E-state index contributed by atoms with van der Waals surface area (Å²) in [6, 6.07) is 26.6. The van der Waals surface area contributed by atoms with Gasteiger partial charge < -0.3 is 15.2 Å². The van der Waals surface area contributed by atoms with Gasteiger partial charge in [0.25, 0.3) is 0 Å². The Morgan fingerprint density at radius 2 is 1.53 bits per heavy atom. The van der Waals surface area contributed by atoms with Crippen LogP contribution in [0.4, 0.5) is 10.7 Å². The highest BCUT2D eigenvalue weighted by Gasteiger charge is 2.31. The minimum Gasteiger partial charge on any atom is -0.354 e. The van der Waals surface area contributed by atoms with E-state index in [9.17, 15) is 9.59 Å². The molecule has 0 spiro atoms. The van der Waals surface area contributed by atoms with Crippen LogP contribution in [0.25, 0.3) is 11.0 Å². The van der Waals surface area contributed by atoms with E-state index in [-0.39, 0.29) is 11.9 Å². The van der Waals surface area contributed by atoms with Gasteiger partial charge >= 0.3 is 6.03 Å². The van der Waals surface area contributed by atoms with Gasteiger partial charge in [0.15, 0.2) is 0 Å². The maximum absolute atomic E-state index is 13.3. The van der Waals surface area contributed by atoms with Crippen molar-refractivity contribution in [1.29, 1.82) is 0 Å². The molecule has 1 aliphatic heterocycles. The molecule has 5 rings (SSSR count). The smallest absolute Gasteiger partial charge is 0.324 e. The molecule has 0 saturated heterocycles. The number of rotatable bonds is 7. The van der Waals surface area contributed by atoms with Crippen LogP contribution in [-0.4, -0.2) is 40.6 Å². The summed E-state index contributed by atoms with van der Waals surface area (Å²) in [4.78, 5) is 32.6. The van der Waals surface area contributed by atoms with Crippen molar-refractivity contribution in [2.75, 3.05) is 18.0 Å². The van der Waals surface area contributed by atoms with E-state index >= 15 is 0 Å². The summed E-state index contributed by atoms with van der Waals surface area (Å²) in [6.45, 7) is 1.70. The van der Waals surface area contributed by atoms with E-state index in [1.54, 1.807) is 4.90 Å². The SMILES string of the molecule is O=C(NCCc1ccccc1)[C@H](Cc1ccccc1)NC(=O)N1CCn2c1nc1ccccc12. The predicted molar refractivity (Wildman–Crippen MR) is 133 cm³/mol. The van der Waals surface area contributed by atoms with Crippen molar-refractivity contribution >= 4 is 28.9 Å². The molecule has 4 aromatic rings. The lowest BCUT2D eigenvalue weighted by atomic mass is 10.1. The number of amides is 3. The summed E-state index contributed by atoms with van der Waals surface area (Å²) in [6.07, 6.45) is 1.14. The Hall–Kier alpha value is -4.13. The molecule has 7 heteroatoms. The quantitative estimate of drug-likeness (QED) is 0.449. The number of fused-ring (bicyclic) bond motifs is 3. The summed E-state index contributed by atoms with van der Waals surface area (Å²) in [5, 5.41) is 5.96. The lowest BCUT2D eigenvalue weighted by Gasteiger charge is -2.22. The van der Waals surface area contributed by atoms with Gasteiger partial charge in [-0.3, -0.25) is 9.69 Å². The Morgan fingerprint density at radius 1 is 0.853 bits per heavy atom. The Morgan fingerprint density at radius 3 is 2.29 bits per heavy atom. The molecule has 2 N–H and O–H groups in total. The first kappa shape index (κ1) is 21.7. The average molecular weight is 454 g/mol. The number of nitrogens with zero attached hydrogens (tertiary/aromatic N) is 3. The lowest BCUT2D eigenvalue weighted by Crippen LogP contribution is -2.52. The molecule has 0 fully saturated rings. The highest BCUT2D eigenvalue weighted by atomic mass is 16.2. The summed E-state index contributed by atoms with van der Waals surface area (Å²) in [5.74, 6) is 0.419. The van der Waals surface area contributed by atoms with Crippen molar-refractivity contribution < 1.29 is 9.59 Å². The van der Waals surface area contributed by atoms with Gasteiger partial charge in [-0.15, -0.1) is 0 Å². The van der Waals surface area contributed by atoms with Gasteiger partial charge in [-0.25, -0.2) is 9.78 Å².